The van der Waals surface area contributed by atoms with Gasteiger partial charge in [-0.25, -0.2) is 0 Å². The molecule has 1 atom stereocenters. The molecule has 4 rings (SSSR count). The molecule has 2 heterocycles. The van der Waals surface area contributed by atoms with Gasteiger partial charge in [0.2, 0.25) is 11.7 Å². The van der Waals surface area contributed by atoms with Crippen molar-refractivity contribution in [3.8, 4) is 17.1 Å². The molecule has 1 unspecified atom stereocenters. The number of aromatic nitrogens is 2. The van der Waals surface area contributed by atoms with Crippen LogP contribution in [0.5, 0.6) is 5.75 Å². The number of likely N-dealkylation sites (tertiary alicyclic amines) is 1. The van der Waals surface area contributed by atoms with Crippen LogP contribution in [0.2, 0.25) is 0 Å². The van der Waals surface area contributed by atoms with E-state index < -0.39 is 0 Å². The van der Waals surface area contributed by atoms with E-state index >= 15 is 0 Å². The standard InChI is InChI=1S/C23H25N3O3/c1-3-16-9-11-17(12-10-16)23(27)26-13-5-7-19(15-26)22-24-21(25-29-22)18-6-4-8-20(14-18)28-2/h4,6,8-12,14,19H,3,5,7,13,15H2,1-2H3. The van der Waals surface area contributed by atoms with Crippen molar-refractivity contribution in [2.75, 3.05) is 20.2 Å². The predicted molar refractivity (Wildman–Crippen MR) is 110 cm³/mol. The summed E-state index contributed by atoms with van der Waals surface area (Å²) < 4.78 is 10.8. The highest BCUT2D eigenvalue weighted by atomic mass is 16.5. The molecule has 0 aliphatic carbocycles. The highest BCUT2D eigenvalue weighted by Gasteiger charge is 2.29. The first-order chi connectivity index (χ1) is 14.2. The van der Waals surface area contributed by atoms with Crippen LogP contribution in [0.25, 0.3) is 11.4 Å². The lowest BCUT2D eigenvalue weighted by atomic mass is 9.97. The van der Waals surface area contributed by atoms with E-state index in [1.807, 2.05) is 53.4 Å². The average Bonchev–Trinajstić information content (AvgIpc) is 3.29. The fourth-order valence-corrected chi connectivity index (χ4v) is 3.71. The fourth-order valence-electron chi connectivity index (χ4n) is 3.71. The number of amides is 1. The zero-order valence-corrected chi connectivity index (χ0v) is 16.8. The number of ether oxygens (including phenoxy) is 1. The summed E-state index contributed by atoms with van der Waals surface area (Å²) in [6, 6.07) is 15.5. The molecule has 3 aromatic rings. The first-order valence-corrected chi connectivity index (χ1v) is 10.0. The lowest BCUT2D eigenvalue weighted by Gasteiger charge is -2.31. The Morgan fingerprint density at radius 1 is 1.24 bits per heavy atom. The number of benzene rings is 2. The SMILES string of the molecule is CCc1ccc(C(=O)N2CCCC(c3nc(-c4cccc(OC)c4)no3)C2)cc1. The van der Waals surface area contributed by atoms with Crippen molar-refractivity contribution in [1.29, 1.82) is 0 Å². The van der Waals surface area contributed by atoms with E-state index in [2.05, 4.69) is 17.1 Å². The van der Waals surface area contributed by atoms with Gasteiger partial charge in [-0.2, -0.15) is 4.98 Å². The Morgan fingerprint density at radius 2 is 2.07 bits per heavy atom. The molecule has 1 aliphatic rings. The number of piperidine rings is 1. The molecular weight excluding hydrogens is 366 g/mol. The van der Waals surface area contributed by atoms with Gasteiger partial charge in [0.25, 0.3) is 5.91 Å². The minimum Gasteiger partial charge on any atom is -0.497 e. The third-order valence-corrected chi connectivity index (χ3v) is 5.44. The van der Waals surface area contributed by atoms with Crippen molar-refractivity contribution in [2.24, 2.45) is 0 Å². The molecule has 6 heteroatoms. The lowest BCUT2D eigenvalue weighted by molar-refractivity contribution is 0.0695. The highest BCUT2D eigenvalue weighted by molar-refractivity contribution is 5.94. The highest BCUT2D eigenvalue weighted by Crippen LogP contribution is 2.29. The van der Waals surface area contributed by atoms with E-state index in [9.17, 15) is 4.79 Å². The van der Waals surface area contributed by atoms with Crippen LogP contribution < -0.4 is 4.74 Å². The van der Waals surface area contributed by atoms with Gasteiger partial charge in [-0.3, -0.25) is 4.79 Å². The molecule has 0 radical (unpaired) electrons. The number of carbonyl (C=O) groups is 1. The average molecular weight is 391 g/mol. The van der Waals surface area contributed by atoms with Gasteiger partial charge in [0.15, 0.2) is 0 Å². The molecule has 0 N–H and O–H groups in total. The fraction of sp³-hybridized carbons (Fsp3) is 0.348. The maximum atomic E-state index is 12.9. The summed E-state index contributed by atoms with van der Waals surface area (Å²) in [7, 11) is 1.63. The Morgan fingerprint density at radius 3 is 2.83 bits per heavy atom. The van der Waals surface area contributed by atoms with Gasteiger partial charge >= 0.3 is 0 Å². The van der Waals surface area contributed by atoms with E-state index in [1.165, 1.54) is 5.56 Å². The van der Waals surface area contributed by atoms with Crippen molar-refractivity contribution in [3.05, 3.63) is 65.5 Å². The molecule has 29 heavy (non-hydrogen) atoms. The Kier molecular flexibility index (Phi) is 5.60. The maximum Gasteiger partial charge on any atom is 0.253 e. The predicted octanol–water partition coefficient (Wildman–Crippen LogP) is 4.33. The van der Waals surface area contributed by atoms with Crippen LogP contribution in [0.1, 0.15) is 47.5 Å². The second-order valence-electron chi connectivity index (χ2n) is 7.33. The summed E-state index contributed by atoms with van der Waals surface area (Å²) in [5.41, 5.74) is 2.80. The second kappa shape index (κ2) is 8.47. The van der Waals surface area contributed by atoms with Gasteiger partial charge in [0, 0.05) is 24.2 Å². The molecule has 150 valence electrons. The number of aryl methyl sites for hydroxylation is 1. The number of nitrogens with zero attached hydrogens (tertiary/aromatic N) is 3. The minimum absolute atomic E-state index is 0.0504. The van der Waals surface area contributed by atoms with Gasteiger partial charge in [-0.15, -0.1) is 0 Å². The Bertz CT molecular complexity index is 981. The molecule has 1 saturated heterocycles. The number of hydrogen-bond acceptors (Lipinski definition) is 5. The summed E-state index contributed by atoms with van der Waals surface area (Å²) in [4.78, 5) is 19.4. The van der Waals surface area contributed by atoms with Crippen molar-refractivity contribution in [3.63, 3.8) is 0 Å². The van der Waals surface area contributed by atoms with Crippen molar-refractivity contribution < 1.29 is 14.1 Å². The number of carbonyl (C=O) groups excluding carboxylic acids is 1. The smallest absolute Gasteiger partial charge is 0.253 e. The van der Waals surface area contributed by atoms with Crippen LogP contribution in [0.15, 0.2) is 53.1 Å². The second-order valence-corrected chi connectivity index (χ2v) is 7.33. The molecule has 0 bridgehead atoms. The monoisotopic (exact) mass is 391 g/mol. The van der Waals surface area contributed by atoms with Crippen LogP contribution in [0, 0.1) is 0 Å². The summed E-state index contributed by atoms with van der Waals surface area (Å²) in [5.74, 6) is 1.98. The Balaban J connectivity index is 1.48. The molecule has 1 amide bonds. The summed E-state index contributed by atoms with van der Waals surface area (Å²) in [6.45, 7) is 3.45. The van der Waals surface area contributed by atoms with Crippen LogP contribution in [-0.2, 0) is 6.42 Å². The van der Waals surface area contributed by atoms with Crippen LogP contribution >= 0.6 is 0 Å². The van der Waals surface area contributed by atoms with Crippen molar-refractivity contribution in [1.82, 2.24) is 15.0 Å². The topological polar surface area (TPSA) is 68.5 Å². The van der Waals surface area contributed by atoms with Gasteiger partial charge in [0.05, 0.1) is 13.0 Å². The normalized spacial score (nSPS) is 16.6. The molecule has 6 nitrogen and oxygen atoms in total. The number of methoxy groups -OCH3 is 1. The maximum absolute atomic E-state index is 12.9. The first kappa shape index (κ1) is 19.2. The number of hydrogen-bond donors (Lipinski definition) is 0. The third-order valence-electron chi connectivity index (χ3n) is 5.44. The molecule has 2 aromatic carbocycles. The van der Waals surface area contributed by atoms with Crippen LogP contribution in [-0.4, -0.2) is 41.1 Å². The zero-order valence-electron chi connectivity index (χ0n) is 16.8. The largest absolute Gasteiger partial charge is 0.497 e. The quantitative estimate of drug-likeness (QED) is 0.648. The van der Waals surface area contributed by atoms with E-state index in [0.29, 0.717) is 18.3 Å². The van der Waals surface area contributed by atoms with E-state index in [-0.39, 0.29) is 11.8 Å². The summed E-state index contributed by atoms with van der Waals surface area (Å²) in [6.07, 6.45) is 2.81. The zero-order chi connectivity index (χ0) is 20.2. The van der Waals surface area contributed by atoms with E-state index in [1.54, 1.807) is 7.11 Å². The summed E-state index contributed by atoms with van der Waals surface area (Å²) >= 11 is 0. The molecule has 0 saturated carbocycles. The Hall–Kier alpha value is -3.15. The third kappa shape index (κ3) is 4.16. The first-order valence-electron chi connectivity index (χ1n) is 10.0. The van der Waals surface area contributed by atoms with Crippen LogP contribution in [0.4, 0.5) is 0 Å². The van der Waals surface area contributed by atoms with Crippen LogP contribution in [0.3, 0.4) is 0 Å². The molecule has 0 spiro atoms. The minimum atomic E-state index is 0.0504. The number of rotatable bonds is 5. The molecular formula is C23H25N3O3. The van der Waals surface area contributed by atoms with Crippen molar-refractivity contribution in [2.45, 2.75) is 32.1 Å². The van der Waals surface area contributed by atoms with Gasteiger partial charge < -0.3 is 14.2 Å². The molecule has 1 aliphatic heterocycles. The van der Waals surface area contributed by atoms with Gasteiger partial charge in [0.1, 0.15) is 5.75 Å². The summed E-state index contributed by atoms with van der Waals surface area (Å²) in [5, 5.41) is 4.14. The molecule has 1 fully saturated rings. The van der Waals surface area contributed by atoms with Gasteiger partial charge in [-0.05, 0) is 49.1 Å². The van der Waals surface area contributed by atoms with E-state index in [4.69, 9.17) is 9.26 Å². The van der Waals surface area contributed by atoms with Gasteiger partial charge in [-0.1, -0.05) is 36.3 Å². The van der Waals surface area contributed by atoms with E-state index in [0.717, 1.165) is 42.7 Å². The molecule has 1 aromatic heterocycles. The lowest BCUT2D eigenvalue weighted by Crippen LogP contribution is -2.39. The van der Waals surface area contributed by atoms with Crippen molar-refractivity contribution >= 4 is 5.91 Å². The Labute approximate surface area is 170 Å².